The van der Waals surface area contributed by atoms with Crippen molar-refractivity contribution in [3.63, 3.8) is 0 Å². The van der Waals surface area contributed by atoms with E-state index in [9.17, 15) is 18.9 Å². The summed E-state index contributed by atoms with van der Waals surface area (Å²) in [4.78, 5) is 37.9. The topological polar surface area (TPSA) is 120 Å². The SMILES string of the molecule is CCOP(=O)(CCCCc1ccccc1)C(CCCNC(=O)OCc1ccccc1)C(=O)OC(=O)[C@@H]1CCCN1. The molecule has 1 heterocycles. The molecule has 1 saturated heterocycles. The molecule has 1 fully saturated rings. The highest BCUT2D eigenvalue weighted by molar-refractivity contribution is 7.60. The first-order valence-corrected chi connectivity index (χ1v) is 16.0. The van der Waals surface area contributed by atoms with Gasteiger partial charge >= 0.3 is 18.0 Å². The molecule has 2 aromatic carbocycles. The molecule has 2 unspecified atom stereocenters. The van der Waals surface area contributed by atoms with E-state index >= 15 is 0 Å². The largest absolute Gasteiger partial charge is 0.445 e. The zero-order valence-electron chi connectivity index (χ0n) is 23.2. The lowest BCUT2D eigenvalue weighted by molar-refractivity contribution is -0.160. The van der Waals surface area contributed by atoms with Crippen LogP contribution in [-0.4, -0.2) is 55.6 Å². The second-order valence-corrected chi connectivity index (χ2v) is 12.6. The minimum atomic E-state index is -3.50. The van der Waals surface area contributed by atoms with Gasteiger partial charge in [0.15, 0.2) is 0 Å². The highest BCUT2D eigenvalue weighted by Crippen LogP contribution is 2.54. The minimum Gasteiger partial charge on any atom is -0.445 e. The van der Waals surface area contributed by atoms with Gasteiger partial charge in [0.05, 0.1) is 6.61 Å². The zero-order valence-corrected chi connectivity index (χ0v) is 24.1. The number of ether oxygens (including phenoxy) is 2. The predicted octanol–water partition coefficient (Wildman–Crippen LogP) is 5.22. The molecule has 10 heteroatoms. The molecule has 0 aromatic heterocycles. The van der Waals surface area contributed by atoms with Crippen LogP contribution >= 0.6 is 7.37 Å². The smallest absolute Gasteiger partial charge is 0.407 e. The lowest BCUT2D eigenvalue weighted by Crippen LogP contribution is -2.37. The fraction of sp³-hybridized carbons (Fsp3) is 0.500. The van der Waals surface area contributed by atoms with Crippen molar-refractivity contribution in [3.8, 4) is 0 Å². The average molecular weight is 573 g/mol. The second kappa shape index (κ2) is 17.0. The molecular formula is C30H41N2O7P. The van der Waals surface area contributed by atoms with Crippen molar-refractivity contribution in [1.82, 2.24) is 10.6 Å². The number of amides is 1. The molecule has 0 bridgehead atoms. The van der Waals surface area contributed by atoms with E-state index in [1.165, 1.54) is 5.56 Å². The van der Waals surface area contributed by atoms with E-state index in [2.05, 4.69) is 10.6 Å². The van der Waals surface area contributed by atoms with E-state index in [1.54, 1.807) is 6.92 Å². The summed E-state index contributed by atoms with van der Waals surface area (Å²) in [6.45, 7) is 2.93. The summed E-state index contributed by atoms with van der Waals surface area (Å²) in [7, 11) is -3.50. The highest BCUT2D eigenvalue weighted by atomic mass is 31.2. The van der Waals surface area contributed by atoms with Crippen LogP contribution in [-0.2, 0) is 41.2 Å². The van der Waals surface area contributed by atoms with Gasteiger partial charge in [0.25, 0.3) is 0 Å². The Morgan fingerprint density at radius 1 is 1.00 bits per heavy atom. The average Bonchev–Trinajstić information content (AvgIpc) is 3.51. The maximum Gasteiger partial charge on any atom is 0.407 e. The maximum atomic E-state index is 14.1. The molecule has 218 valence electrons. The lowest BCUT2D eigenvalue weighted by atomic mass is 10.1. The molecule has 40 heavy (non-hydrogen) atoms. The standard InChI is InChI=1S/C30H41N2O7P/c1-2-38-40(36,22-10-9-15-24-13-5-3-6-14-24)27(29(34)39-28(33)26-18-11-20-31-26)19-12-21-32-30(35)37-23-25-16-7-4-8-17-25/h3-8,13-14,16-17,26-27,31H,2,9-12,15,18-23H2,1H3,(H,32,35)/t26-,27?,40?/m0/s1. The van der Waals surface area contributed by atoms with Gasteiger partial charge in [-0.3, -0.25) is 9.36 Å². The Morgan fingerprint density at radius 3 is 2.35 bits per heavy atom. The summed E-state index contributed by atoms with van der Waals surface area (Å²) in [5.41, 5.74) is 0.952. The van der Waals surface area contributed by atoms with Crippen LogP contribution in [0.25, 0.3) is 0 Å². The molecule has 0 spiro atoms. The summed E-state index contributed by atoms with van der Waals surface area (Å²) in [6.07, 6.45) is 3.70. The Bertz CT molecular complexity index is 1110. The maximum absolute atomic E-state index is 14.1. The zero-order chi connectivity index (χ0) is 28.6. The lowest BCUT2D eigenvalue weighted by Gasteiger charge is -2.26. The number of carbonyl (C=O) groups is 3. The van der Waals surface area contributed by atoms with Gasteiger partial charge in [-0.1, -0.05) is 60.7 Å². The summed E-state index contributed by atoms with van der Waals surface area (Å²) < 4.78 is 30.3. The van der Waals surface area contributed by atoms with Crippen LogP contribution in [0.4, 0.5) is 4.79 Å². The van der Waals surface area contributed by atoms with Crippen molar-refractivity contribution >= 4 is 25.4 Å². The van der Waals surface area contributed by atoms with E-state index in [-0.39, 0.29) is 32.3 Å². The molecule has 1 aliphatic heterocycles. The molecule has 0 aliphatic carbocycles. The number of carbonyl (C=O) groups excluding carboxylic acids is 3. The van der Waals surface area contributed by atoms with Crippen LogP contribution < -0.4 is 10.6 Å². The number of unbranched alkanes of at least 4 members (excludes halogenated alkanes) is 1. The summed E-state index contributed by atoms with van der Waals surface area (Å²) in [5.74, 6) is -1.48. The fourth-order valence-corrected chi connectivity index (χ4v) is 7.37. The van der Waals surface area contributed by atoms with Crippen LogP contribution in [0.1, 0.15) is 56.6 Å². The first kappa shape index (κ1) is 31.5. The Morgan fingerprint density at radius 2 is 1.70 bits per heavy atom. The van der Waals surface area contributed by atoms with Gasteiger partial charge in [-0.15, -0.1) is 0 Å². The van der Waals surface area contributed by atoms with Crippen molar-refractivity contribution in [2.24, 2.45) is 0 Å². The first-order chi connectivity index (χ1) is 19.4. The van der Waals surface area contributed by atoms with E-state index in [0.29, 0.717) is 25.8 Å². The minimum absolute atomic E-state index is 0.138. The molecule has 1 aliphatic rings. The molecular weight excluding hydrogens is 531 g/mol. The number of alkyl carbamates (subject to hydrolysis) is 1. The van der Waals surface area contributed by atoms with Gasteiger partial charge in [0.2, 0.25) is 7.37 Å². The van der Waals surface area contributed by atoms with Crippen LogP contribution in [0.3, 0.4) is 0 Å². The van der Waals surface area contributed by atoms with Crippen LogP contribution in [0.15, 0.2) is 60.7 Å². The van der Waals surface area contributed by atoms with Crippen LogP contribution in [0.2, 0.25) is 0 Å². The summed E-state index contributed by atoms with van der Waals surface area (Å²) >= 11 is 0. The summed E-state index contributed by atoms with van der Waals surface area (Å²) in [5, 5.41) is 5.69. The Labute approximate surface area is 236 Å². The quantitative estimate of drug-likeness (QED) is 0.122. The van der Waals surface area contributed by atoms with E-state index in [4.69, 9.17) is 14.0 Å². The number of hydrogen-bond donors (Lipinski definition) is 2. The molecule has 1 amide bonds. The number of rotatable bonds is 16. The Hall–Kier alpha value is -3.00. The van der Waals surface area contributed by atoms with Gasteiger partial charge in [-0.2, -0.15) is 0 Å². The number of nitrogens with one attached hydrogen (secondary N) is 2. The number of hydrogen-bond acceptors (Lipinski definition) is 8. The Kier molecular flexibility index (Phi) is 13.4. The van der Waals surface area contributed by atoms with Crippen LogP contribution in [0, 0.1) is 0 Å². The molecule has 2 N–H and O–H groups in total. The molecule has 2 aromatic rings. The van der Waals surface area contributed by atoms with Gasteiger partial charge in [-0.05, 0) is 69.5 Å². The number of benzene rings is 2. The third kappa shape index (κ3) is 10.5. The van der Waals surface area contributed by atoms with E-state index in [0.717, 1.165) is 24.8 Å². The molecule has 3 atom stereocenters. The summed E-state index contributed by atoms with van der Waals surface area (Å²) in [6, 6.07) is 18.8. The molecule has 0 saturated carbocycles. The van der Waals surface area contributed by atoms with E-state index in [1.807, 2.05) is 60.7 Å². The molecule has 3 rings (SSSR count). The van der Waals surface area contributed by atoms with Crippen molar-refractivity contribution in [1.29, 1.82) is 0 Å². The van der Waals surface area contributed by atoms with Gasteiger partial charge in [0, 0.05) is 12.7 Å². The van der Waals surface area contributed by atoms with Gasteiger partial charge in [-0.25, -0.2) is 9.59 Å². The second-order valence-electron chi connectivity index (χ2n) is 9.85. The molecule has 9 nitrogen and oxygen atoms in total. The van der Waals surface area contributed by atoms with Gasteiger partial charge in [0.1, 0.15) is 18.3 Å². The highest BCUT2D eigenvalue weighted by Gasteiger charge is 2.41. The molecule has 0 radical (unpaired) electrons. The predicted molar refractivity (Wildman–Crippen MR) is 153 cm³/mol. The fourth-order valence-electron chi connectivity index (χ4n) is 4.69. The van der Waals surface area contributed by atoms with Crippen LogP contribution in [0.5, 0.6) is 0 Å². The monoisotopic (exact) mass is 572 g/mol. The van der Waals surface area contributed by atoms with E-state index < -0.39 is 37.1 Å². The van der Waals surface area contributed by atoms with Gasteiger partial charge < -0.3 is 24.6 Å². The normalized spacial score (nSPS) is 17.0. The van der Waals surface area contributed by atoms with Crippen molar-refractivity contribution in [3.05, 3.63) is 71.8 Å². The Balaban J connectivity index is 1.57. The third-order valence-electron chi connectivity index (χ3n) is 6.81. The third-order valence-corrected chi connectivity index (χ3v) is 9.86. The number of esters is 2. The number of aryl methyl sites for hydroxylation is 1. The van der Waals surface area contributed by atoms with Crippen molar-refractivity contribution in [2.45, 2.75) is 70.2 Å². The van der Waals surface area contributed by atoms with Crippen molar-refractivity contribution < 1.29 is 32.9 Å². The van der Waals surface area contributed by atoms with Crippen molar-refractivity contribution in [2.75, 3.05) is 25.9 Å². The first-order valence-electron chi connectivity index (χ1n) is 14.1.